The average molecular weight is 461 g/mol. The lowest BCUT2D eigenvalue weighted by molar-refractivity contribution is -0.120. The van der Waals surface area contributed by atoms with Crippen LogP contribution in [-0.2, 0) is 4.79 Å². The summed E-state index contributed by atoms with van der Waals surface area (Å²) >= 11 is 0.885. The van der Waals surface area contributed by atoms with Crippen molar-refractivity contribution in [2.24, 2.45) is 11.7 Å². The maximum Gasteiger partial charge on any atom is 0.253 e. The third-order valence-corrected chi connectivity index (χ3v) is 5.59. The summed E-state index contributed by atoms with van der Waals surface area (Å²) in [6.45, 7) is 3.87. The Bertz CT molecular complexity index is 967. The standard InChI is InChI=1S/C23H28N2O6S/c1-13(2)10-16(21(24)26)25-22(27)15-8-6-7-9-19(15)32-23(28)14-11-17(29-3)20(31-5)18(12-14)30-4/h6-9,11-13,16H,10H2,1-5H3,(H2,24,26)(H,25,27)/t16-/m0/s1. The van der Waals surface area contributed by atoms with E-state index < -0.39 is 17.9 Å². The largest absolute Gasteiger partial charge is 0.493 e. The van der Waals surface area contributed by atoms with Crippen molar-refractivity contribution < 1.29 is 28.6 Å². The number of ether oxygens (including phenoxy) is 3. The van der Waals surface area contributed by atoms with E-state index >= 15 is 0 Å². The van der Waals surface area contributed by atoms with Gasteiger partial charge in [0.1, 0.15) is 6.04 Å². The van der Waals surface area contributed by atoms with Crippen molar-refractivity contribution >= 4 is 28.7 Å². The Morgan fingerprint density at radius 1 is 1.00 bits per heavy atom. The minimum absolute atomic E-state index is 0.166. The zero-order valence-corrected chi connectivity index (χ0v) is 19.6. The Morgan fingerprint density at radius 3 is 2.09 bits per heavy atom. The lowest BCUT2D eigenvalue weighted by atomic mass is 10.0. The summed E-state index contributed by atoms with van der Waals surface area (Å²) in [5.41, 5.74) is 6.02. The van der Waals surface area contributed by atoms with Crippen LogP contribution in [0.2, 0.25) is 0 Å². The van der Waals surface area contributed by atoms with Gasteiger partial charge in [-0.15, -0.1) is 0 Å². The van der Waals surface area contributed by atoms with Crippen LogP contribution in [0.1, 0.15) is 41.0 Å². The van der Waals surface area contributed by atoms with Crippen LogP contribution in [0.4, 0.5) is 0 Å². The number of primary amides is 1. The highest BCUT2D eigenvalue weighted by Gasteiger charge is 2.23. The Labute approximate surface area is 191 Å². The smallest absolute Gasteiger partial charge is 0.253 e. The van der Waals surface area contributed by atoms with Crippen molar-refractivity contribution in [2.45, 2.75) is 31.2 Å². The van der Waals surface area contributed by atoms with Crippen LogP contribution < -0.4 is 25.3 Å². The zero-order chi connectivity index (χ0) is 23.8. The van der Waals surface area contributed by atoms with Gasteiger partial charge in [0.2, 0.25) is 16.8 Å². The van der Waals surface area contributed by atoms with E-state index in [4.69, 9.17) is 19.9 Å². The molecule has 32 heavy (non-hydrogen) atoms. The van der Waals surface area contributed by atoms with Gasteiger partial charge in [-0.1, -0.05) is 26.0 Å². The molecule has 3 N–H and O–H groups in total. The molecule has 0 unspecified atom stereocenters. The molecule has 0 fully saturated rings. The first-order valence-electron chi connectivity index (χ1n) is 9.93. The number of rotatable bonds is 10. The van der Waals surface area contributed by atoms with Crippen molar-refractivity contribution in [1.29, 1.82) is 0 Å². The molecule has 0 aromatic heterocycles. The molecule has 0 saturated heterocycles. The molecular weight excluding hydrogens is 432 g/mol. The topological polar surface area (TPSA) is 117 Å². The van der Waals surface area contributed by atoms with Gasteiger partial charge in [-0.2, -0.15) is 0 Å². The summed E-state index contributed by atoms with van der Waals surface area (Å²) in [7, 11) is 4.40. The summed E-state index contributed by atoms with van der Waals surface area (Å²) < 4.78 is 15.9. The highest BCUT2D eigenvalue weighted by atomic mass is 32.2. The quantitative estimate of drug-likeness (QED) is 0.523. The number of amides is 2. The van der Waals surface area contributed by atoms with Crippen molar-refractivity contribution in [3.05, 3.63) is 47.5 Å². The van der Waals surface area contributed by atoms with Crippen LogP contribution in [0, 0.1) is 5.92 Å². The van der Waals surface area contributed by atoms with Crippen LogP contribution in [0.25, 0.3) is 0 Å². The number of carbonyl (C=O) groups excluding carboxylic acids is 3. The van der Waals surface area contributed by atoms with E-state index in [1.165, 1.54) is 21.3 Å². The first kappa shape index (κ1) is 25.1. The highest BCUT2D eigenvalue weighted by Crippen LogP contribution is 2.39. The summed E-state index contributed by atoms with van der Waals surface area (Å²) in [5.74, 6) is 0.151. The van der Waals surface area contributed by atoms with E-state index in [0.717, 1.165) is 11.8 Å². The van der Waals surface area contributed by atoms with Gasteiger partial charge in [-0.05, 0) is 48.4 Å². The molecule has 9 heteroatoms. The Morgan fingerprint density at radius 2 is 1.59 bits per heavy atom. The number of hydrogen-bond acceptors (Lipinski definition) is 7. The minimum Gasteiger partial charge on any atom is -0.493 e. The number of nitrogens with two attached hydrogens (primary N) is 1. The van der Waals surface area contributed by atoms with Gasteiger partial charge in [-0.25, -0.2) is 0 Å². The molecule has 2 amide bonds. The zero-order valence-electron chi connectivity index (χ0n) is 18.8. The van der Waals surface area contributed by atoms with Crippen molar-refractivity contribution in [3.63, 3.8) is 0 Å². The second-order valence-electron chi connectivity index (χ2n) is 7.36. The van der Waals surface area contributed by atoms with Gasteiger partial charge in [-0.3, -0.25) is 14.4 Å². The number of hydrogen-bond donors (Lipinski definition) is 2. The molecule has 8 nitrogen and oxygen atoms in total. The van der Waals surface area contributed by atoms with Gasteiger partial charge < -0.3 is 25.3 Å². The molecule has 0 bridgehead atoms. The molecule has 0 radical (unpaired) electrons. The fraction of sp³-hybridized carbons (Fsp3) is 0.348. The molecular formula is C23H28N2O6S. The normalized spacial score (nSPS) is 11.6. The van der Waals surface area contributed by atoms with Crippen LogP contribution in [-0.4, -0.2) is 44.3 Å². The predicted molar refractivity (Wildman–Crippen MR) is 123 cm³/mol. The number of carbonyl (C=O) groups is 3. The Balaban J connectivity index is 2.31. The summed E-state index contributed by atoms with van der Waals surface area (Å²) in [4.78, 5) is 38.0. The van der Waals surface area contributed by atoms with Crippen LogP contribution >= 0.6 is 11.8 Å². The Hall–Kier alpha value is -3.20. The monoisotopic (exact) mass is 460 g/mol. The van der Waals surface area contributed by atoms with E-state index in [1.54, 1.807) is 36.4 Å². The maximum absolute atomic E-state index is 13.0. The predicted octanol–water partition coefficient (Wildman–Crippen LogP) is 3.27. The number of benzene rings is 2. The van der Waals surface area contributed by atoms with Crippen molar-refractivity contribution in [3.8, 4) is 17.2 Å². The van der Waals surface area contributed by atoms with Gasteiger partial charge in [0.25, 0.3) is 5.91 Å². The molecule has 0 spiro atoms. The average Bonchev–Trinajstić information content (AvgIpc) is 2.77. The molecule has 2 aromatic rings. The van der Waals surface area contributed by atoms with E-state index in [1.807, 2.05) is 13.8 Å². The summed E-state index contributed by atoms with van der Waals surface area (Å²) in [6, 6.07) is 8.96. The maximum atomic E-state index is 13.0. The molecule has 0 aliphatic heterocycles. The molecule has 2 aromatic carbocycles. The molecule has 2 rings (SSSR count). The molecule has 0 aliphatic rings. The molecule has 0 saturated carbocycles. The molecule has 172 valence electrons. The van der Waals surface area contributed by atoms with Crippen LogP contribution in [0.3, 0.4) is 0 Å². The lowest BCUT2D eigenvalue weighted by Gasteiger charge is -2.18. The fourth-order valence-electron chi connectivity index (χ4n) is 3.05. The van der Waals surface area contributed by atoms with E-state index in [-0.39, 0.29) is 16.6 Å². The third kappa shape index (κ3) is 6.16. The molecule has 0 aliphatic carbocycles. The SMILES string of the molecule is COc1cc(C(=O)Sc2ccccc2C(=O)N[C@@H](CC(C)C)C(N)=O)cc(OC)c1OC. The van der Waals surface area contributed by atoms with Gasteiger partial charge in [0.15, 0.2) is 11.5 Å². The highest BCUT2D eigenvalue weighted by molar-refractivity contribution is 8.14. The number of thioether (sulfide) groups is 1. The van der Waals surface area contributed by atoms with E-state index in [0.29, 0.717) is 34.1 Å². The molecule has 1 atom stereocenters. The van der Waals surface area contributed by atoms with Gasteiger partial charge in [0, 0.05) is 10.5 Å². The fourth-order valence-corrected chi connectivity index (χ4v) is 3.91. The van der Waals surface area contributed by atoms with Crippen molar-refractivity contribution in [2.75, 3.05) is 21.3 Å². The van der Waals surface area contributed by atoms with Crippen LogP contribution in [0.15, 0.2) is 41.3 Å². The van der Waals surface area contributed by atoms with Gasteiger partial charge >= 0.3 is 0 Å². The van der Waals surface area contributed by atoms with Gasteiger partial charge in [0.05, 0.1) is 26.9 Å². The first-order chi connectivity index (χ1) is 15.2. The lowest BCUT2D eigenvalue weighted by Crippen LogP contribution is -2.45. The first-order valence-corrected chi connectivity index (χ1v) is 10.7. The van der Waals surface area contributed by atoms with E-state index in [9.17, 15) is 14.4 Å². The Kier molecular flexibility index (Phi) is 8.95. The second-order valence-corrected chi connectivity index (χ2v) is 8.37. The van der Waals surface area contributed by atoms with E-state index in [2.05, 4.69) is 5.32 Å². The van der Waals surface area contributed by atoms with Crippen LogP contribution in [0.5, 0.6) is 17.2 Å². The number of nitrogens with one attached hydrogen (secondary N) is 1. The third-order valence-electron chi connectivity index (χ3n) is 4.59. The summed E-state index contributed by atoms with van der Waals surface area (Å²) in [5, 5.41) is 2.35. The number of methoxy groups -OCH3 is 3. The van der Waals surface area contributed by atoms with Crippen molar-refractivity contribution in [1.82, 2.24) is 5.32 Å². The second kappa shape index (κ2) is 11.4. The molecule has 0 heterocycles. The summed E-state index contributed by atoms with van der Waals surface area (Å²) in [6.07, 6.45) is 0.417. The minimum atomic E-state index is -0.800.